The largest absolute Gasteiger partial charge is 0.477 e. The molecule has 6 aromatic rings. The van der Waals surface area contributed by atoms with Crippen molar-refractivity contribution < 1.29 is 9.90 Å². The molecule has 0 aliphatic heterocycles. The molecule has 1 aliphatic rings. The van der Waals surface area contributed by atoms with Gasteiger partial charge in [-0.25, -0.2) is 9.78 Å². The van der Waals surface area contributed by atoms with Crippen LogP contribution in [0.4, 0.5) is 17.1 Å². The second-order valence-electron chi connectivity index (χ2n) is 11.5. The zero-order valence-electron chi connectivity index (χ0n) is 25.6. The quantitative estimate of drug-likeness (QED) is 0.136. The second kappa shape index (κ2) is 11.8. The van der Waals surface area contributed by atoms with Crippen molar-refractivity contribution in [3.63, 3.8) is 0 Å². The van der Waals surface area contributed by atoms with Gasteiger partial charge in [0.25, 0.3) is 0 Å². The molecule has 5 aromatic carbocycles. The number of fused-ring (bicyclic) bond motifs is 4. The summed E-state index contributed by atoms with van der Waals surface area (Å²) >= 11 is 1.39. The Bertz CT molecular complexity index is 2190. The maximum absolute atomic E-state index is 11.3. The van der Waals surface area contributed by atoms with Crippen molar-refractivity contribution in [1.29, 1.82) is 5.26 Å². The maximum atomic E-state index is 11.3. The van der Waals surface area contributed by atoms with E-state index in [0.717, 1.165) is 40.3 Å². The Hall–Kier alpha value is -5.51. The average Bonchev–Trinajstić information content (AvgIpc) is 3.68. The highest BCUT2D eigenvalue weighted by Crippen LogP contribution is 2.55. The van der Waals surface area contributed by atoms with E-state index < -0.39 is 5.97 Å². The van der Waals surface area contributed by atoms with Crippen molar-refractivity contribution in [3.05, 3.63) is 137 Å². The summed E-state index contributed by atoms with van der Waals surface area (Å²) in [6.07, 6.45) is 4.98. The van der Waals surface area contributed by atoms with Gasteiger partial charge in [-0.05, 0) is 100.0 Å². The van der Waals surface area contributed by atoms with Gasteiger partial charge in [0.05, 0.1) is 4.88 Å². The molecular formula is C40H31N3O2S. The second-order valence-corrected chi connectivity index (χ2v) is 12.6. The topological polar surface area (TPSA) is 77.2 Å². The van der Waals surface area contributed by atoms with Gasteiger partial charge in [-0.15, -0.1) is 11.3 Å². The molecule has 0 amide bonds. The lowest BCUT2D eigenvalue weighted by Gasteiger charge is -2.32. The van der Waals surface area contributed by atoms with Crippen molar-refractivity contribution >= 4 is 51.2 Å². The molecule has 0 atom stereocenters. The highest BCUT2D eigenvalue weighted by atomic mass is 32.1. The Labute approximate surface area is 272 Å². The van der Waals surface area contributed by atoms with E-state index in [2.05, 4.69) is 133 Å². The van der Waals surface area contributed by atoms with Crippen molar-refractivity contribution in [2.24, 2.45) is 0 Å². The van der Waals surface area contributed by atoms with E-state index in [9.17, 15) is 15.2 Å². The summed E-state index contributed by atoms with van der Waals surface area (Å²) in [6, 6.07) is 40.9. The predicted octanol–water partition coefficient (Wildman–Crippen LogP) is 10.5. The third kappa shape index (κ3) is 4.86. The number of hydrogen-bond acceptors (Lipinski definition) is 5. The van der Waals surface area contributed by atoms with Crippen molar-refractivity contribution in [3.8, 4) is 27.6 Å². The van der Waals surface area contributed by atoms with Gasteiger partial charge in [-0.2, -0.15) is 5.26 Å². The van der Waals surface area contributed by atoms with Crippen LogP contribution in [-0.2, 0) is 10.2 Å². The molecule has 6 heteroatoms. The number of rotatable bonds is 8. The van der Waals surface area contributed by atoms with Crippen molar-refractivity contribution in [1.82, 2.24) is 4.98 Å². The number of hydrogen-bond donors (Lipinski definition) is 1. The molecule has 224 valence electrons. The first-order valence-electron chi connectivity index (χ1n) is 15.4. The first kappa shape index (κ1) is 29.2. The predicted molar refractivity (Wildman–Crippen MR) is 188 cm³/mol. The molecule has 5 nitrogen and oxygen atoms in total. The summed E-state index contributed by atoms with van der Waals surface area (Å²) < 4.78 is 0. The molecule has 0 spiro atoms. The lowest BCUT2D eigenvalue weighted by Crippen LogP contribution is -2.23. The van der Waals surface area contributed by atoms with Crippen LogP contribution >= 0.6 is 11.3 Å². The Morgan fingerprint density at radius 3 is 2.20 bits per heavy atom. The first-order valence-corrected chi connectivity index (χ1v) is 16.2. The maximum Gasteiger partial charge on any atom is 0.346 e. The SMILES string of the molecule is CCC1(CC)c2cc(-c3cnc(/C=C(\C#N)C(=O)O)s3)ccc2-c2ccc(N(c3ccccc3)c3ccc4ccccc4c3)cc21. The summed E-state index contributed by atoms with van der Waals surface area (Å²) in [4.78, 5) is 19.0. The van der Waals surface area contributed by atoms with Crippen LogP contribution in [0.15, 0.2) is 121 Å². The minimum absolute atomic E-state index is 0.173. The van der Waals surface area contributed by atoms with Gasteiger partial charge in [-0.3, -0.25) is 0 Å². The van der Waals surface area contributed by atoms with Gasteiger partial charge in [0, 0.05) is 28.7 Å². The number of para-hydroxylation sites is 1. The van der Waals surface area contributed by atoms with E-state index in [0.29, 0.717) is 5.01 Å². The van der Waals surface area contributed by atoms with Gasteiger partial charge >= 0.3 is 5.97 Å². The molecular weight excluding hydrogens is 587 g/mol. The van der Waals surface area contributed by atoms with Gasteiger partial charge in [0.2, 0.25) is 0 Å². The monoisotopic (exact) mass is 617 g/mol. The highest BCUT2D eigenvalue weighted by molar-refractivity contribution is 7.16. The van der Waals surface area contributed by atoms with E-state index in [1.165, 1.54) is 50.4 Å². The fourth-order valence-electron chi connectivity index (χ4n) is 6.88. The van der Waals surface area contributed by atoms with Crippen LogP contribution in [0.25, 0.3) is 38.4 Å². The summed E-state index contributed by atoms with van der Waals surface area (Å²) in [5.74, 6) is -1.25. The van der Waals surface area contributed by atoms with Crippen LogP contribution in [0.5, 0.6) is 0 Å². The Morgan fingerprint density at radius 1 is 0.826 bits per heavy atom. The normalized spacial score (nSPS) is 13.2. The lowest BCUT2D eigenvalue weighted by molar-refractivity contribution is -0.132. The number of carboxylic acids is 1. The molecule has 1 N–H and O–H groups in total. The van der Waals surface area contributed by atoms with E-state index in [4.69, 9.17) is 0 Å². The molecule has 0 radical (unpaired) electrons. The van der Waals surface area contributed by atoms with E-state index in [1.807, 2.05) is 0 Å². The molecule has 7 rings (SSSR count). The minimum atomic E-state index is -1.25. The molecule has 1 heterocycles. The van der Waals surface area contributed by atoms with Crippen LogP contribution in [-0.4, -0.2) is 16.1 Å². The molecule has 1 aromatic heterocycles. The number of carboxylic acid groups (broad SMARTS) is 1. The van der Waals surface area contributed by atoms with Crippen molar-refractivity contribution in [2.75, 3.05) is 4.90 Å². The number of aliphatic carboxylic acids is 1. The first-order chi connectivity index (χ1) is 22.5. The Morgan fingerprint density at radius 2 is 1.48 bits per heavy atom. The molecule has 0 bridgehead atoms. The fourth-order valence-corrected chi connectivity index (χ4v) is 7.74. The molecule has 0 saturated heterocycles. The zero-order valence-corrected chi connectivity index (χ0v) is 26.4. The smallest absolute Gasteiger partial charge is 0.346 e. The van der Waals surface area contributed by atoms with Crippen LogP contribution in [0.3, 0.4) is 0 Å². The van der Waals surface area contributed by atoms with Crippen LogP contribution < -0.4 is 4.90 Å². The summed E-state index contributed by atoms with van der Waals surface area (Å²) in [5, 5.41) is 21.4. The van der Waals surface area contributed by atoms with E-state index in [-0.39, 0.29) is 11.0 Å². The zero-order chi connectivity index (χ0) is 31.8. The van der Waals surface area contributed by atoms with Gasteiger partial charge in [0.15, 0.2) is 0 Å². The third-order valence-electron chi connectivity index (χ3n) is 9.24. The number of nitriles is 1. The van der Waals surface area contributed by atoms with Crippen LogP contribution in [0.2, 0.25) is 0 Å². The Balaban J connectivity index is 1.33. The van der Waals surface area contributed by atoms with E-state index in [1.54, 1.807) is 12.3 Å². The van der Waals surface area contributed by atoms with Crippen LogP contribution in [0.1, 0.15) is 42.8 Å². The number of nitrogens with zero attached hydrogens (tertiary/aromatic N) is 3. The Kier molecular flexibility index (Phi) is 7.48. The molecule has 0 saturated carbocycles. The number of thiazole rings is 1. The van der Waals surface area contributed by atoms with Crippen LogP contribution in [0, 0.1) is 11.3 Å². The number of benzene rings is 5. The van der Waals surface area contributed by atoms with E-state index >= 15 is 0 Å². The fraction of sp³-hybridized carbons (Fsp3) is 0.125. The highest BCUT2D eigenvalue weighted by Gasteiger charge is 2.41. The number of carbonyl (C=O) groups is 1. The average molecular weight is 618 g/mol. The standard InChI is InChI=1S/C40H31N3O2S/c1-3-40(4-2)35-21-28(37-25-42-38(46-37)22-29(24-41)39(44)45)15-18-33(35)34-19-17-32(23-36(34)40)43(30-12-6-5-7-13-30)31-16-14-26-10-8-9-11-27(26)20-31/h5-23,25H,3-4H2,1-2H3,(H,44,45)/b29-22+. The number of anilines is 3. The van der Waals surface area contributed by atoms with Gasteiger partial charge in [-0.1, -0.05) is 80.6 Å². The minimum Gasteiger partial charge on any atom is -0.477 e. The molecule has 0 unspecified atom stereocenters. The van der Waals surface area contributed by atoms with Gasteiger partial charge < -0.3 is 10.0 Å². The molecule has 0 fully saturated rings. The summed E-state index contributed by atoms with van der Waals surface area (Å²) in [7, 11) is 0. The molecule has 46 heavy (non-hydrogen) atoms. The number of aromatic nitrogens is 1. The summed E-state index contributed by atoms with van der Waals surface area (Å²) in [6.45, 7) is 4.54. The lowest BCUT2D eigenvalue weighted by atomic mass is 9.73. The van der Waals surface area contributed by atoms with Crippen molar-refractivity contribution in [2.45, 2.75) is 32.1 Å². The molecule has 1 aliphatic carbocycles. The summed E-state index contributed by atoms with van der Waals surface area (Å²) in [5.41, 5.74) is 8.99. The van der Waals surface area contributed by atoms with Gasteiger partial charge in [0.1, 0.15) is 16.6 Å². The third-order valence-corrected chi connectivity index (χ3v) is 10.2.